The maximum atomic E-state index is 13.5. The lowest BCUT2D eigenvalue weighted by Gasteiger charge is -2.16. The van der Waals surface area contributed by atoms with Crippen LogP contribution in [-0.4, -0.2) is 5.78 Å². The van der Waals surface area contributed by atoms with Gasteiger partial charge in [0.05, 0.1) is 5.02 Å². The zero-order valence-electron chi connectivity index (χ0n) is 9.81. The van der Waals surface area contributed by atoms with Crippen LogP contribution in [0, 0.1) is 11.2 Å². The van der Waals surface area contributed by atoms with Crippen molar-refractivity contribution >= 4 is 17.4 Å². The number of Topliss-reactive ketones (excluding diaryl/α,β-unsaturated/α-hetero) is 1. The molecule has 0 radical (unpaired) electrons. The number of hydrogen-bond acceptors (Lipinski definition) is 1. The number of hydrogen-bond donors (Lipinski definition) is 0. The Morgan fingerprint density at radius 2 is 2.00 bits per heavy atom. The molecule has 1 aromatic carbocycles. The van der Waals surface area contributed by atoms with E-state index in [9.17, 15) is 9.18 Å². The summed E-state index contributed by atoms with van der Waals surface area (Å²) in [4.78, 5) is 11.7. The van der Waals surface area contributed by atoms with Crippen molar-refractivity contribution in [3.8, 4) is 0 Å². The molecular weight excluding hydrogens is 227 g/mol. The van der Waals surface area contributed by atoms with Crippen LogP contribution in [0.4, 0.5) is 4.39 Å². The van der Waals surface area contributed by atoms with Crippen LogP contribution in [0.5, 0.6) is 0 Å². The van der Waals surface area contributed by atoms with E-state index in [1.54, 1.807) is 12.1 Å². The minimum Gasteiger partial charge on any atom is -0.299 e. The Morgan fingerprint density at radius 1 is 1.38 bits per heavy atom. The summed E-state index contributed by atoms with van der Waals surface area (Å²) in [7, 11) is 0. The number of aryl methyl sites for hydroxylation is 1. The van der Waals surface area contributed by atoms with Crippen LogP contribution in [0.2, 0.25) is 5.02 Å². The van der Waals surface area contributed by atoms with Crippen molar-refractivity contribution in [3.05, 3.63) is 34.6 Å². The summed E-state index contributed by atoms with van der Waals surface area (Å²) in [6, 6.07) is 4.87. The molecule has 0 spiro atoms. The Labute approximate surface area is 101 Å². The number of ketones is 1. The molecule has 1 aromatic rings. The van der Waals surface area contributed by atoms with E-state index in [4.69, 9.17) is 11.6 Å². The maximum absolute atomic E-state index is 13.5. The van der Waals surface area contributed by atoms with Crippen molar-refractivity contribution in [1.29, 1.82) is 0 Å². The van der Waals surface area contributed by atoms with Crippen LogP contribution < -0.4 is 0 Å². The smallest absolute Gasteiger partial charge is 0.144 e. The van der Waals surface area contributed by atoms with Crippen LogP contribution in [0.3, 0.4) is 0 Å². The predicted octanol–water partition coefficient (Wildman–Crippen LogP) is 4.03. The second-order valence-electron chi connectivity index (χ2n) is 4.89. The minimum absolute atomic E-state index is 0.112. The molecule has 0 aromatic heterocycles. The summed E-state index contributed by atoms with van der Waals surface area (Å²) in [5.74, 6) is -0.280. The van der Waals surface area contributed by atoms with Crippen molar-refractivity contribution < 1.29 is 9.18 Å². The van der Waals surface area contributed by atoms with E-state index in [0.29, 0.717) is 18.4 Å². The monoisotopic (exact) mass is 242 g/mol. The van der Waals surface area contributed by atoms with Gasteiger partial charge in [0.2, 0.25) is 0 Å². The minimum atomic E-state index is -0.411. The second-order valence-corrected chi connectivity index (χ2v) is 5.29. The van der Waals surface area contributed by atoms with Gasteiger partial charge in [-0.05, 0) is 18.1 Å². The standard InChI is InChI=1S/C13H16ClFO/c1-13(2,3)11(16)8-7-9-5-4-6-10(14)12(9)15/h4-6H,7-8H2,1-3H3. The molecular formula is C13H16ClFO. The Bertz CT molecular complexity index is 393. The SMILES string of the molecule is CC(C)(C)C(=O)CCc1cccc(Cl)c1F. The summed E-state index contributed by atoms with van der Waals surface area (Å²) in [5, 5.41) is 0.112. The van der Waals surface area contributed by atoms with E-state index in [-0.39, 0.29) is 16.2 Å². The average molecular weight is 243 g/mol. The molecule has 0 aliphatic carbocycles. The molecule has 0 atom stereocenters. The fraction of sp³-hybridized carbons (Fsp3) is 0.462. The van der Waals surface area contributed by atoms with Gasteiger partial charge >= 0.3 is 0 Å². The first kappa shape index (κ1) is 13.2. The van der Waals surface area contributed by atoms with E-state index < -0.39 is 5.82 Å². The lowest BCUT2D eigenvalue weighted by molar-refractivity contribution is -0.126. The summed E-state index contributed by atoms with van der Waals surface area (Å²) in [6.07, 6.45) is 0.753. The summed E-state index contributed by atoms with van der Waals surface area (Å²) in [6.45, 7) is 5.59. The van der Waals surface area contributed by atoms with Gasteiger partial charge in [0, 0.05) is 11.8 Å². The number of benzene rings is 1. The third-order valence-corrected chi connectivity index (χ3v) is 2.78. The molecule has 16 heavy (non-hydrogen) atoms. The van der Waals surface area contributed by atoms with Gasteiger partial charge in [0.1, 0.15) is 11.6 Å². The third-order valence-electron chi connectivity index (χ3n) is 2.49. The van der Waals surface area contributed by atoms with E-state index in [2.05, 4.69) is 0 Å². The van der Waals surface area contributed by atoms with Gasteiger partial charge in [0.25, 0.3) is 0 Å². The zero-order valence-corrected chi connectivity index (χ0v) is 10.6. The predicted molar refractivity (Wildman–Crippen MR) is 64.2 cm³/mol. The molecule has 0 fully saturated rings. The molecule has 0 amide bonds. The van der Waals surface area contributed by atoms with Crippen LogP contribution in [0.15, 0.2) is 18.2 Å². The zero-order chi connectivity index (χ0) is 12.3. The lowest BCUT2D eigenvalue weighted by Crippen LogP contribution is -2.20. The maximum Gasteiger partial charge on any atom is 0.144 e. The van der Waals surface area contributed by atoms with E-state index in [0.717, 1.165) is 0 Å². The Balaban J connectivity index is 2.69. The molecule has 0 heterocycles. The van der Waals surface area contributed by atoms with Crippen LogP contribution >= 0.6 is 11.6 Å². The van der Waals surface area contributed by atoms with E-state index in [1.165, 1.54) is 6.07 Å². The number of carbonyl (C=O) groups is 1. The summed E-state index contributed by atoms with van der Waals surface area (Å²) < 4.78 is 13.5. The molecule has 1 nitrogen and oxygen atoms in total. The van der Waals surface area contributed by atoms with Gasteiger partial charge < -0.3 is 0 Å². The first-order chi connectivity index (χ1) is 7.32. The van der Waals surface area contributed by atoms with Crippen LogP contribution in [-0.2, 0) is 11.2 Å². The normalized spacial score (nSPS) is 11.6. The van der Waals surface area contributed by atoms with Crippen molar-refractivity contribution in [1.82, 2.24) is 0 Å². The van der Waals surface area contributed by atoms with Gasteiger partial charge in [-0.1, -0.05) is 44.5 Å². The molecule has 0 aliphatic heterocycles. The number of carbonyl (C=O) groups excluding carboxylic acids is 1. The second kappa shape index (κ2) is 4.96. The first-order valence-electron chi connectivity index (χ1n) is 5.28. The molecule has 0 unspecified atom stereocenters. The highest BCUT2D eigenvalue weighted by molar-refractivity contribution is 6.30. The molecule has 0 N–H and O–H groups in total. The van der Waals surface area contributed by atoms with Gasteiger partial charge in [-0.2, -0.15) is 0 Å². The van der Waals surface area contributed by atoms with Crippen LogP contribution in [0.1, 0.15) is 32.8 Å². The Morgan fingerprint density at radius 3 is 2.56 bits per heavy atom. The lowest BCUT2D eigenvalue weighted by atomic mass is 9.87. The third kappa shape index (κ3) is 3.31. The molecule has 0 saturated heterocycles. The van der Waals surface area contributed by atoms with Crippen molar-refractivity contribution in [3.63, 3.8) is 0 Å². The first-order valence-corrected chi connectivity index (χ1v) is 5.66. The Kier molecular flexibility index (Phi) is 4.09. The highest BCUT2D eigenvalue weighted by Crippen LogP contribution is 2.22. The van der Waals surface area contributed by atoms with Gasteiger partial charge in [-0.3, -0.25) is 4.79 Å². The molecule has 3 heteroatoms. The molecule has 0 saturated carbocycles. The van der Waals surface area contributed by atoms with Gasteiger partial charge in [0.15, 0.2) is 0 Å². The average Bonchev–Trinajstić information content (AvgIpc) is 2.18. The molecule has 1 rings (SSSR count). The largest absolute Gasteiger partial charge is 0.299 e. The fourth-order valence-electron chi connectivity index (χ4n) is 1.36. The Hall–Kier alpha value is -0.890. The van der Waals surface area contributed by atoms with E-state index in [1.807, 2.05) is 20.8 Å². The fourth-order valence-corrected chi connectivity index (χ4v) is 1.56. The van der Waals surface area contributed by atoms with Gasteiger partial charge in [-0.25, -0.2) is 4.39 Å². The topological polar surface area (TPSA) is 17.1 Å². The number of halogens is 2. The van der Waals surface area contributed by atoms with E-state index >= 15 is 0 Å². The van der Waals surface area contributed by atoms with Crippen molar-refractivity contribution in [2.75, 3.05) is 0 Å². The summed E-state index contributed by atoms with van der Waals surface area (Å²) >= 11 is 5.66. The summed E-state index contributed by atoms with van der Waals surface area (Å²) in [5.41, 5.74) is 0.139. The molecule has 0 aliphatic rings. The highest BCUT2D eigenvalue weighted by atomic mass is 35.5. The highest BCUT2D eigenvalue weighted by Gasteiger charge is 2.21. The van der Waals surface area contributed by atoms with Gasteiger partial charge in [-0.15, -0.1) is 0 Å². The molecule has 88 valence electrons. The quantitative estimate of drug-likeness (QED) is 0.782. The molecule has 0 bridgehead atoms. The van der Waals surface area contributed by atoms with Crippen molar-refractivity contribution in [2.45, 2.75) is 33.6 Å². The van der Waals surface area contributed by atoms with Crippen molar-refractivity contribution in [2.24, 2.45) is 5.41 Å². The number of rotatable bonds is 3. The van der Waals surface area contributed by atoms with Crippen LogP contribution in [0.25, 0.3) is 0 Å².